The number of hydrogen-bond donors (Lipinski definition) is 2. The molecule has 0 aliphatic carbocycles. The lowest BCUT2D eigenvalue weighted by atomic mass is 9.82. The Kier molecular flexibility index (Phi) is 5.07. The predicted molar refractivity (Wildman–Crippen MR) is 99.1 cm³/mol. The van der Waals surface area contributed by atoms with Gasteiger partial charge in [0.25, 0.3) is 0 Å². The first kappa shape index (κ1) is 20.2. The number of piperidine rings is 1. The third-order valence-electron chi connectivity index (χ3n) is 5.08. The number of para-hydroxylation sites is 1. The summed E-state index contributed by atoms with van der Waals surface area (Å²) in [5.74, 6) is 0.458. The number of hydrogen-bond acceptors (Lipinski definition) is 6. The minimum absolute atomic E-state index is 0.215. The fraction of sp³-hybridized carbons (Fsp3) is 0.471. The highest BCUT2D eigenvalue weighted by Crippen LogP contribution is 2.47. The summed E-state index contributed by atoms with van der Waals surface area (Å²) in [6, 6.07) is 4.64. The van der Waals surface area contributed by atoms with E-state index in [0.29, 0.717) is 48.7 Å². The number of aliphatic hydroxyl groups excluding tert-OH is 1. The molecule has 1 fully saturated rings. The fourth-order valence-electron chi connectivity index (χ4n) is 3.60. The molecule has 0 saturated carbocycles. The fourth-order valence-corrected chi connectivity index (χ4v) is 4.42. The van der Waals surface area contributed by atoms with E-state index in [1.54, 1.807) is 18.2 Å². The number of benzene rings is 1. The highest BCUT2D eigenvalue weighted by Gasteiger charge is 2.44. The molecule has 1 atom stereocenters. The third-order valence-corrected chi connectivity index (χ3v) is 6.26. The first-order chi connectivity index (χ1) is 13.7. The number of likely N-dealkylation sites (tertiary alicyclic amines) is 1. The maximum absolute atomic E-state index is 12.6. The monoisotopic (exact) mass is 448 g/mol. The quantitative estimate of drug-likeness (QED) is 0.686. The Bertz CT molecular complexity index is 931. The molecular weight excluding hydrogens is 433 g/mol. The molecule has 0 radical (unpaired) electrons. The summed E-state index contributed by atoms with van der Waals surface area (Å²) in [6.07, 6.45) is -4.05. The number of nitrogens with zero attached hydrogens (tertiary/aromatic N) is 3. The molecule has 2 amide bonds. The molecule has 2 aliphatic heterocycles. The number of fused-ring (bicyclic) bond motifs is 1. The molecule has 2 aromatic rings. The largest absolute Gasteiger partial charge is 0.485 e. The second-order valence-electron chi connectivity index (χ2n) is 6.99. The van der Waals surface area contributed by atoms with E-state index >= 15 is 0 Å². The van der Waals surface area contributed by atoms with Gasteiger partial charge in [0.2, 0.25) is 10.1 Å². The Hall–Kier alpha value is -2.11. The van der Waals surface area contributed by atoms with Crippen molar-refractivity contribution in [1.82, 2.24) is 15.1 Å². The minimum Gasteiger partial charge on any atom is -0.485 e. The molecule has 1 saturated heterocycles. The van der Waals surface area contributed by atoms with Gasteiger partial charge in [0.05, 0.1) is 11.1 Å². The van der Waals surface area contributed by atoms with Gasteiger partial charge < -0.3 is 14.7 Å². The van der Waals surface area contributed by atoms with E-state index in [9.17, 15) is 23.1 Å². The van der Waals surface area contributed by atoms with Crippen LogP contribution in [-0.4, -0.2) is 44.9 Å². The van der Waals surface area contributed by atoms with E-state index in [0.717, 1.165) is 0 Å². The molecule has 2 aliphatic rings. The van der Waals surface area contributed by atoms with Gasteiger partial charge in [-0.15, -0.1) is 10.2 Å². The van der Waals surface area contributed by atoms with Crippen LogP contribution in [0.25, 0.3) is 0 Å². The number of alkyl halides is 3. The van der Waals surface area contributed by atoms with Crippen LogP contribution in [0.15, 0.2) is 18.2 Å². The number of carbonyl (C=O) groups excluding carboxylic acids is 1. The molecule has 1 aromatic carbocycles. The van der Waals surface area contributed by atoms with E-state index in [2.05, 4.69) is 15.5 Å². The number of halogens is 4. The number of urea groups is 1. The Labute approximate surface area is 172 Å². The number of ether oxygens (including phenoxy) is 1. The molecule has 3 heterocycles. The number of nitrogens with one attached hydrogen (secondary N) is 1. The highest BCUT2D eigenvalue weighted by atomic mass is 35.5. The summed E-state index contributed by atoms with van der Waals surface area (Å²) < 4.78 is 44.0. The summed E-state index contributed by atoms with van der Waals surface area (Å²) in [6.45, 7) is 0.618. The molecule has 1 unspecified atom stereocenters. The highest BCUT2D eigenvalue weighted by molar-refractivity contribution is 7.15. The first-order valence-electron chi connectivity index (χ1n) is 8.79. The van der Waals surface area contributed by atoms with Gasteiger partial charge in [-0.3, -0.25) is 5.32 Å². The van der Waals surface area contributed by atoms with Crippen molar-refractivity contribution in [2.24, 2.45) is 0 Å². The summed E-state index contributed by atoms with van der Waals surface area (Å²) in [4.78, 5) is 13.8. The van der Waals surface area contributed by atoms with Gasteiger partial charge in [0.15, 0.2) is 0 Å². The zero-order valence-electron chi connectivity index (χ0n) is 14.9. The second kappa shape index (κ2) is 7.29. The zero-order valence-corrected chi connectivity index (χ0v) is 16.4. The Balaban J connectivity index is 1.40. The van der Waals surface area contributed by atoms with Crippen LogP contribution in [0.4, 0.5) is 23.1 Å². The van der Waals surface area contributed by atoms with Gasteiger partial charge >= 0.3 is 12.2 Å². The molecule has 29 heavy (non-hydrogen) atoms. The average Bonchev–Trinajstić information content (AvgIpc) is 3.12. The molecule has 7 nitrogen and oxygen atoms in total. The average molecular weight is 449 g/mol. The number of aliphatic hydroxyl groups is 1. The van der Waals surface area contributed by atoms with Crippen LogP contribution in [0.5, 0.6) is 5.75 Å². The third kappa shape index (κ3) is 3.99. The van der Waals surface area contributed by atoms with Crippen LogP contribution >= 0.6 is 22.9 Å². The SMILES string of the molecule is O=C(Nc1nnc(C(F)(F)F)s1)N1CCC2(CC1)CC(O)c1cccc(Cl)c1O2. The van der Waals surface area contributed by atoms with E-state index in [1.807, 2.05) is 0 Å². The van der Waals surface area contributed by atoms with Gasteiger partial charge in [-0.25, -0.2) is 4.79 Å². The lowest BCUT2D eigenvalue weighted by molar-refractivity contribution is -0.138. The Morgan fingerprint density at radius 1 is 1.34 bits per heavy atom. The van der Waals surface area contributed by atoms with Gasteiger partial charge in [0.1, 0.15) is 11.4 Å². The van der Waals surface area contributed by atoms with Crippen LogP contribution < -0.4 is 10.1 Å². The van der Waals surface area contributed by atoms with Crippen molar-refractivity contribution in [2.75, 3.05) is 18.4 Å². The minimum atomic E-state index is -4.60. The van der Waals surface area contributed by atoms with Crippen molar-refractivity contribution in [2.45, 2.75) is 37.1 Å². The van der Waals surface area contributed by atoms with Crippen LogP contribution in [0.2, 0.25) is 5.02 Å². The number of amides is 2. The van der Waals surface area contributed by atoms with Gasteiger partial charge in [-0.1, -0.05) is 35.1 Å². The van der Waals surface area contributed by atoms with Crippen molar-refractivity contribution < 1.29 is 27.8 Å². The van der Waals surface area contributed by atoms with Crippen LogP contribution in [-0.2, 0) is 6.18 Å². The Morgan fingerprint density at radius 2 is 2.07 bits per heavy atom. The van der Waals surface area contributed by atoms with Crippen molar-refractivity contribution in [1.29, 1.82) is 0 Å². The number of rotatable bonds is 1. The zero-order chi connectivity index (χ0) is 20.8. The van der Waals surface area contributed by atoms with E-state index in [4.69, 9.17) is 16.3 Å². The topological polar surface area (TPSA) is 87.6 Å². The smallest absolute Gasteiger partial charge is 0.445 e. The lowest BCUT2D eigenvalue weighted by Crippen LogP contribution is -2.52. The number of aromatic nitrogens is 2. The molecule has 1 spiro atoms. The van der Waals surface area contributed by atoms with Gasteiger partial charge in [0, 0.05) is 37.9 Å². The summed E-state index contributed by atoms with van der Waals surface area (Å²) >= 11 is 6.48. The molecule has 12 heteroatoms. The Morgan fingerprint density at radius 3 is 2.72 bits per heavy atom. The first-order valence-corrected chi connectivity index (χ1v) is 9.98. The summed E-state index contributed by atoms with van der Waals surface area (Å²) in [5, 5.41) is 18.3. The number of carbonyl (C=O) groups is 1. The standard InChI is InChI=1S/C17H16ClF3N4O3S/c18-10-3-1-2-9-11(26)8-16(28-12(9)10)4-6-25(7-5-16)15(27)22-14-24-23-13(29-14)17(19,20)21/h1-3,11,26H,4-8H2,(H,22,24,27). The maximum atomic E-state index is 12.6. The molecule has 4 rings (SSSR count). The van der Waals surface area contributed by atoms with Crippen molar-refractivity contribution >= 4 is 34.1 Å². The molecule has 0 bridgehead atoms. The summed E-state index contributed by atoms with van der Waals surface area (Å²) in [7, 11) is 0. The molecule has 156 valence electrons. The van der Waals surface area contributed by atoms with Crippen molar-refractivity contribution in [3.63, 3.8) is 0 Å². The normalized spacial score (nSPS) is 20.9. The molecular formula is C17H16ClF3N4O3S. The van der Waals surface area contributed by atoms with E-state index < -0.39 is 28.9 Å². The van der Waals surface area contributed by atoms with Crippen molar-refractivity contribution in [3.05, 3.63) is 33.8 Å². The number of anilines is 1. The maximum Gasteiger partial charge on any atom is 0.445 e. The van der Waals surface area contributed by atoms with Gasteiger partial charge in [-0.2, -0.15) is 13.2 Å². The van der Waals surface area contributed by atoms with Crippen LogP contribution in [0, 0.1) is 0 Å². The predicted octanol–water partition coefficient (Wildman–Crippen LogP) is 4.09. The van der Waals surface area contributed by atoms with Gasteiger partial charge in [-0.05, 0) is 6.07 Å². The van der Waals surface area contributed by atoms with E-state index in [-0.39, 0.29) is 16.5 Å². The molecule has 1 aromatic heterocycles. The summed E-state index contributed by atoms with van der Waals surface area (Å²) in [5.41, 5.74) is -0.0135. The van der Waals surface area contributed by atoms with E-state index in [1.165, 1.54) is 4.90 Å². The van der Waals surface area contributed by atoms with Crippen molar-refractivity contribution in [3.8, 4) is 5.75 Å². The van der Waals surface area contributed by atoms with Crippen LogP contribution in [0.1, 0.15) is 35.9 Å². The lowest BCUT2D eigenvalue weighted by Gasteiger charge is -2.45. The second-order valence-corrected chi connectivity index (χ2v) is 8.38. The van der Waals surface area contributed by atoms with Crippen LogP contribution in [0.3, 0.4) is 0 Å². The molecule has 2 N–H and O–H groups in total.